The Kier molecular flexibility index (Phi) is 5.30. The van der Waals surface area contributed by atoms with Crippen LogP contribution in [0.25, 0.3) is 0 Å². The van der Waals surface area contributed by atoms with Crippen LogP contribution in [0.4, 0.5) is 8.78 Å². The normalized spacial score (nSPS) is 18.0. The fraction of sp³-hybridized carbons (Fsp3) is 0.250. The molecule has 1 saturated heterocycles. The van der Waals surface area contributed by atoms with Crippen molar-refractivity contribution in [1.29, 1.82) is 0 Å². The van der Waals surface area contributed by atoms with Crippen LogP contribution in [0.2, 0.25) is 0 Å². The Morgan fingerprint density at radius 3 is 1.85 bits per heavy atom. The molecule has 1 aliphatic heterocycles. The van der Waals surface area contributed by atoms with Gasteiger partial charge in [-0.3, -0.25) is 4.90 Å². The van der Waals surface area contributed by atoms with Crippen LogP contribution in [0.3, 0.4) is 0 Å². The average molecular weight is 363 g/mol. The molecule has 0 aliphatic carbocycles. The summed E-state index contributed by atoms with van der Waals surface area (Å²) in [5.41, 5.74) is 3.44. The molecule has 1 heterocycles. The summed E-state index contributed by atoms with van der Waals surface area (Å²) in [4.78, 5) is 2.45. The molecule has 0 saturated carbocycles. The number of benzene rings is 3. The minimum Gasteiger partial charge on any atom is -0.292 e. The first-order chi connectivity index (χ1) is 13.2. The summed E-state index contributed by atoms with van der Waals surface area (Å²) >= 11 is 0. The monoisotopic (exact) mass is 363 g/mol. The van der Waals surface area contributed by atoms with Gasteiger partial charge >= 0.3 is 0 Å². The lowest BCUT2D eigenvalue weighted by molar-refractivity contribution is 0.169. The molecule has 0 bridgehead atoms. The van der Waals surface area contributed by atoms with Crippen molar-refractivity contribution in [3.8, 4) is 0 Å². The molecule has 0 amide bonds. The second-order valence-corrected chi connectivity index (χ2v) is 7.25. The van der Waals surface area contributed by atoms with E-state index in [4.69, 9.17) is 0 Å². The van der Waals surface area contributed by atoms with Crippen LogP contribution >= 0.6 is 0 Å². The first kappa shape index (κ1) is 17.9. The Bertz CT molecular complexity index is 814. The molecule has 0 spiro atoms. The summed E-state index contributed by atoms with van der Waals surface area (Å²) in [5.74, 6) is -0.00169. The second-order valence-electron chi connectivity index (χ2n) is 7.25. The second kappa shape index (κ2) is 8.01. The van der Waals surface area contributed by atoms with E-state index in [1.807, 2.05) is 30.3 Å². The van der Waals surface area contributed by atoms with Gasteiger partial charge in [0.15, 0.2) is 0 Å². The molecule has 0 N–H and O–H groups in total. The number of hydrogen-bond donors (Lipinski definition) is 0. The summed E-state index contributed by atoms with van der Waals surface area (Å²) in [6, 6.07) is 24.0. The van der Waals surface area contributed by atoms with Crippen molar-refractivity contribution in [2.75, 3.05) is 13.1 Å². The summed E-state index contributed by atoms with van der Waals surface area (Å²) in [6.07, 6.45) is 2.28. The van der Waals surface area contributed by atoms with E-state index in [0.29, 0.717) is 5.92 Å². The van der Waals surface area contributed by atoms with Crippen LogP contribution in [0.1, 0.15) is 41.5 Å². The van der Waals surface area contributed by atoms with Gasteiger partial charge in [-0.2, -0.15) is 0 Å². The Balaban J connectivity index is 1.67. The number of halogens is 2. The van der Waals surface area contributed by atoms with Gasteiger partial charge in [0.1, 0.15) is 11.6 Å². The molecule has 138 valence electrons. The Morgan fingerprint density at radius 2 is 1.30 bits per heavy atom. The van der Waals surface area contributed by atoms with Crippen molar-refractivity contribution in [3.63, 3.8) is 0 Å². The number of piperidine rings is 1. The van der Waals surface area contributed by atoms with Gasteiger partial charge < -0.3 is 0 Å². The molecule has 3 heteroatoms. The summed E-state index contributed by atoms with van der Waals surface area (Å²) in [7, 11) is 0. The van der Waals surface area contributed by atoms with E-state index in [1.54, 1.807) is 0 Å². The van der Waals surface area contributed by atoms with E-state index < -0.39 is 0 Å². The first-order valence-corrected chi connectivity index (χ1v) is 9.50. The van der Waals surface area contributed by atoms with E-state index >= 15 is 0 Å². The van der Waals surface area contributed by atoms with Gasteiger partial charge in [0.2, 0.25) is 0 Å². The van der Waals surface area contributed by atoms with Crippen molar-refractivity contribution in [3.05, 3.63) is 107 Å². The summed E-state index contributed by atoms with van der Waals surface area (Å²) < 4.78 is 26.9. The molecule has 1 nitrogen and oxygen atoms in total. The molecule has 1 fully saturated rings. The lowest BCUT2D eigenvalue weighted by Gasteiger charge is -2.39. The van der Waals surface area contributed by atoms with Crippen LogP contribution in [-0.2, 0) is 0 Å². The van der Waals surface area contributed by atoms with Gasteiger partial charge in [-0.05, 0) is 66.3 Å². The topological polar surface area (TPSA) is 3.24 Å². The van der Waals surface area contributed by atoms with E-state index in [-0.39, 0.29) is 17.7 Å². The maximum absolute atomic E-state index is 13.5. The van der Waals surface area contributed by atoms with Crippen molar-refractivity contribution >= 4 is 0 Å². The van der Waals surface area contributed by atoms with Crippen molar-refractivity contribution in [2.45, 2.75) is 24.8 Å². The molecule has 4 rings (SSSR count). The third-order valence-electron chi connectivity index (χ3n) is 5.46. The van der Waals surface area contributed by atoms with Crippen molar-refractivity contribution < 1.29 is 8.78 Å². The molecular weight excluding hydrogens is 340 g/mol. The lowest BCUT2D eigenvalue weighted by atomic mass is 9.87. The highest BCUT2D eigenvalue weighted by atomic mass is 19.1. The smallest absolute Gasteiger partial charge is 0.123 e. The highest BCUT2D eigenvalue weighted by Crippen LogP contribution is 2.35. The minimum absolute atomic E-state index is 0.00212. The summed E-state index contributed by atoms with van der Waals surface area (Å²) in [6.45, 7) is 1.91. The quantitative estimate of drug-likeness (QED) is 0.555. The molecule has 3 aromatic carbocycles. The van der Waals surface area contributed by atoms with Crippen LogP contribution < -0.4 is 0 Å². The van der Waals surface area contributed by atoms with Crippen LogP contribution in [0.5, 0.6) is 0 Å². The third kappa shape index (κ3) is 4.09. The first-order valence-electron chi connectivity index (χ1n) is 9.50. The molecular formula is C24H23F2N. The fourth-order valence-electron chi connectivity index (χ4n) is 4.14. The van der Waals surface area contributed by atoms with Gasteiger partial charge in [-0.15, -0.1) is 0 Å². The maximum atomic E-state index is 13.5. The zero-order chi connectivity index (χ0) is 18.6. The molecule has 3 aromatic rings. The van der Waals surface area contributed by atoms with Gasteiger partial charge in [0.25, 0.3) is 0 Å². The molecule has 1 aliphatic rings. The zero-order valence-corrected chi connectivity index (χ0v) is 15.2. The van der Waals surface area contributed by atoms with E-state index in [2.05, 4.69) is 29.2 Å². The van der Waals surface area contributed by atoms with E-state index in [0.717, 1.165) is 30.6 Å². The standard InChI is InChI=1S/C24H23F2N/c25-22-12-8-19(9-13-22)24(20-10-14-23(26)15-11-20)27-16-4-7-21(17-27)18-5-2-1-3-6-18/h1-3,5-6,8-15,21,24H,4,7,16-17H2. The fourth-order valence-corrected chi connectivity index (χ4v) is 4.14. The van der Waals surface area contributed by atoms with E-state index in [9.17, 15) is 8.78 Å². The van der Waals surface area contributed by atoms with Gasteiger partial charge in [0, 0.05) is 6.54 Å². The molecule has 1 atom stereocenters. The highest BCUT2D eigenvalue weighted by Gasteiger charge is 2.28. The molecule has 27 heavy (non-hydrogen) atoms. The van der Waals surface area contributed by atoms with Gasteiger partial charge in [0.05, 0.1) is 6.04 Å². The van der Waals surface area contributed by atoms with Crippen molar-refractivity contribution in [1.82, 2.24) is 4.90 Å². The minimum atomic E-state index is -0.239. The summed E-state index contributed by atoms with van der Waals surface area (Å²) in [5, 5.41) is 0. The number of nitrogens with zero attached hydrogens (tertiary/aromatic N) is 1. The predicted molar refractivity (Wildman–Crippen MR) is 105 cm³/mol. The zero-order valence-electron chi connectivity index (χ0n) is 15.2. The Labute approximate surface area is 159 Å². The number of hydrogen-bond acceptors (Lipinski definition) is 1. The highest BCUT2D eigenvalue weighted by molar-refractivity contribution is 5.33. The van der Waals surface area contributed by atoms with Gasteiger partial charge in [-0.1, -0.05) is 54.6 Å². The predicted octanol–water partition coefficient (Wildman–Crippen LogP) is 5.93. The van der Waals surface area contributed by atoms with Crippen LogP contribution in [-0.4, -0.2) is 18.0 Å². The molecule has 0 aromatic heterocycles. The SMILES string of the molecule is Fc1ccc(C(c2ccc(F)cc2)N2CCCC(c3ccccc3)C2)cc1. The van der Waals surface area contributed by atoms with Crippen molar-refractivity contribution in [2.24, 2.45) is 0 Å². The Hall–Kier alpha value is -2.52. The Morgan fingerprint density at radius 1 is 0.741 bits per heavy atom. The van der Waals surface area contributed by atoms with Crippen LogP contribution in [0, 0.1) is 11.6 Å². The number of rotatable bonds is 4. The number of likely N-dealkylation sites (tertiary alicyclic amines) is 1. The van der Waals surface area contributed by atoms with Gasteiger partial charge in [-0.25, -0.2) is 8.78 Å². The average Bonchev–Trinajstić information content (AvgIpc) is 2.72. The van der Waals surface area contributed by atoms with Crippen LogP contribution in [0.15, 0.2) is 78.9 Å². The lowest BCUT2D eigenvalue weighted by Crippen LogP contribution is -2.38. The third-order valence-corrected chi connectivity index (χ3v) is 5.46. The molecule has 1 unspecified atom stereocenters. The maximum Gasteiger partial charge on any atom is 0.123 e. The largest absolute Gasteiger partial charge is 0.292 e. The molecule has 0 radical (unpaired) electrons. The van der Waals surface area contributed by atoms with E-state index in [1.165, 1.54) is 36.2 Å².